The van der Waals surface area contributed by atoms with E-state index >= 15 is 0 Å². The molecule has 0 spiro atoms. The molecule has 2 heterocycles. The number of nitrogens with one attached hydrogen (secondary N) is 1. The predicted octanol–water partition coefficient (Wildman–Crippen LogP) is 1.24. The van der Waals surface area contributed by atoms with Gasteiger partial charge in [0.25, 0.3) is 0 Å². The zero-order valence-electron chi connectivity index (χ0n) is 10.2. The van der Waals surface area contributed by atoms with Crippen LogP contribution >= 0.6 is 23.2 Å². The average molecular weight is 359 g/mol. The van der Waals surface area contributed by atoms with Gasteiger partial charge in [0.15, 0.2) is 9.84 Å². The van der Waals surface area contributed by atoms with E-state index in [2.05, 4.69) is 9.71 Å². The summed E-state index contributed by atoms with van der Waals surface area (Å²) in [7, 11) is -7.06. The van der Waals surface area contributed by atoms with Crippen LogP contribution in [0.5, 0.6) is 0 Å². The first-order valence-corrected chi connectivity index (χ1v) is 9.79. The van der Waals surface area contributed by atoms with Gasteiger partial charge in [0.2, 0.25) is 10.0 Å². The summed E-state index contributed by atoms with van der Waals surface area (Å²) in [6.07, 6.45) is 2.00. The minimum Gasteiger partial charge on any atom is -0.242 e. The first-order chi connectivity index (χ1) is 9.20. The van der Waals surface area contributed by atoms with Crippen LogP contribution in [0.15, 0.2) is 17.2 Å². The Bertz CT molecular complexity index is 719. The molecule has 1 aliphatic heterocycles. The number of hydrogen-bond acceptors (Lipinski definition) is 5. The Labute approximate surface area is 127 Å². The van der Waals surface area contributed by atoms with Gasteiger partial charge in [-0.2, -0.15) is 0 Å². The van der Waals surface area contributed by atoms with Crippen LogP contribution in [0.4, 0.5) is 0 Å². The molecule has 0 amide bonds. The molecule has 0 saturated carbocycles. The summed E-state index contributed by atoms with van der Waals surface area (Å²) in [5.74, 6) is -0.0967. The van der Waals surface area contributed by atoms with Crippen molar-refractivity contribution in [1.29, 1.82) is 0 Å². The maximum Gasteiger partial charge on any atom is 0.242 e. The molecule has 1 aliphatic rings. The molecular formula is C10H12Cl2N2O4S2. The lowest BCUT2D eigenvalue weighted by molar-refractivity contribution is 0.517. The van der Waals surface area contributed by atoms with Gasteiger partial charge in [-0.3, -0.25) is 0 Å². The van der Waals surface area contributed by atoms with Crippen molar-refractivity contribution < 1.29 is 16.8 Å². The molecule has 1 N–H and O–H groups in total. The van der Waals surface area contributed by atoms with Crippen LogP contribution < -0.4 is 4.72 Å². The number of hydrogen-bond donors (Lipinski definition) is 1. The quantitative estimate of drug-likeness (QED) is 0.820. The number of sulfone groups is 1. The molecule has 0 radical (unpaired) electrons. The monoisotopic (exact) mass is 358 g/mol. The van der Waals surface area contributed by atoms with Crippen molar-refractivity contribution in [2.75, 3.05) is 11.5 Å². The minimum absolute atomic E-state index is 0.00543. The maximum absolute atomic E-state index is 12.1. The smallest absolute Gasteiger partial charge is 0.242 e. The van der Waals surface area contributed by atoms with Crippen molar-refractivity contribution in [2.45, 2.75) is 23.8 Å². The van der Waals surface area contributed by atoms with E-state index in [1.165, 1.54) is 6.07 Å². The second-order valence-corrected chi connectivity index (χ2v) is 9.23. The lowest BCUT2D eigenvalue weighted by Crippen LogP contribution is -2.43. The lowest BCUT2D eigenvalue weighted by Gasteiger charge is -2.22. The van der Waals surface area contributed by atoms with Crippen molar-refractivity contribution in [3.05, 3.63) is 22.4 Å². The molecule has 0 bridgehead atoms. The molecule has 0 aromatic carbocycles. The zero-order valence-corrected chi connectivity index (χ0v) is 13.4. The van der Waals surface area contributed by atoms with E-state index in [0.717, 1.165) is 6.20 Å². The molecule has 10 heteroatoms. The molecule has 1 fully saturated rings. The highest BCUT2D eigenvalue weighted by molar-refractivity contribution is 7.91. The summed E-state index contributed by atoms with van der Waals surface area (Å²) in [4.78, 5) is 3.52. The molecule has 1 aromatic heterocycles. The van der Waals surface area contributed by atoms with E-state index in [1.54, 1.807) is 0 Å². The lowest BCUT2D eigenvalue weighted by atomic mass is 10.2. The maximum atomic E-state index is 12.1. The third-order valence-corrected chi connectivity index (χ3v) is 6.86. The fourth-order valence-electron chi connectivity index (χ4n) is 1.95. The summed E-state index contributed by atoms with van der Waals surface area (Å²) in [5.41, 5.74) is 0. The van der Waals surface area contributed by atoms with Crippen molar-refractivity contribution >= 4 is 43.1 Å². The molecule has 1 saturated heterocycles. The van der Waals surface area contributed by atoms with E-state index in [9.17, 15) is 16.8 Å². The van der Waals surface area contributed by atoms with Crippen molar-refractivity contribution in [3.8, 4) is 0 Å². The highest BCUT2D eigenvalue weighted by Crippen LogP contribution is 2.23. The zero-order chi connectivity index (χ0) is 15.0. The molecular weight excluding hydrogens is 347 g/mol. The van der Waals surface area contributed by atoms with Gasteiger partial charge in [-0.25, -0.2) is 26.5 Å². The van der Waals surface area contributed by atoms with Crippen LogP contribution in [0.25, 0.3) is 0 Å². The second kappa shape index (κ2) is 5.76. The Kier molecular flexibility index (Phi) is 4.60. The van der Waals surface area contributed by atoms with Gasteiger partial charge in [-0.15, -0.1) is 0 Å². The topological polar surface area (TPSA) is 93.2 Å². The Morgan fingerprint density at radius 1 is 1.35 bits per heavy atom. The molecule has 112 valence electrons. The fraction of sp³-hybridized carbons (Fsp3) is 0.500. The number of rotatable bonds is 3. The van der Waals surface area contributed by atoms with Crippen LogP contribution in [0.1, 0.15) is 12.8 Å². The number of sulfonamides is 1. The van der Waals surface area contributed by atoms with Crippen LogP contribution in [0, 0.1) is 0 Å². The standard InChI is InChI=1S/C10H12Cl2N2O4S2/c11-9-4-8(5-13-10(9)12)20(17,18)14-7-2-1-3-19(15,16)6-7/h4-5,7,14H,1-3,6H2. The molecule has 20 heavy (non-hydrogen) atoms. The van der Waals surface area contributed by atoms with Gasteiger partial charge >= 0.3 is 0 Å². The van der Waals surface area contributed by atoms with E-state index in [4.69, 9.17) is 23.2 Å². The van der Waals surface area contributed by atoms with Crippen molar-refractivity contribution in [2.24, 2.45) is 0 Å². The van der Waals surface area contributed by atoms with Crippen LogP contribution in [-0.2, 0) is 19.9 Å². The Hall–Kier alpha value is -0.410. The summed E-state index contributed by atoms with van der Waals surface area (Å²) < 4.78 is 49.6. The average Bonchev–Trinajstić information content (AvgIpc) is 2.30. The van der Waals surface area contributed by atoms with E-state index < -0.39 is 25.9 Å². The Morgan fingerprint density at radius 2 is 2.05 bits per heavy atom. The van der Waals surface area contributed by atoms with E-state index in [0.29, 0.717) is 12.8 Å². The van der Waals surface area contributed by atoms with Crippen molar-refractivity contribution in [3.63, 3.8) is 0 Å². The summed E-state index contributed by atoms with van der Waals surface area (Å²) >= 11 is 11.3. The van der Waals surface area contributed by atoms with Gasteiger partial charge in [-0.05, 0) is 18.9 Å². The highest BCUT2D eigenvalue weighted by atomic mass is 35.5. The molecule has 0 aliphatic carbocycles. The van der Waals surface area contributed by atoms with E-state index in [1.807, 2.05) is 0 Å². The van der Waals surface area contributed by atoms with Gasteiger partial charge < -0.3 is 0 Å². The third-order valence-electron chi connectivity index (χ3n) is 2.87. The SMILES string of the molecule is O=S1(=O)CCCC(NS(=O)(=O)c2cnc(Cl)c(Cl)c2)C1. The van der Waals surface area contributed by atoms with E-state index in [-0.39, 0.29) is 26.6 Å². The number of pyridine rings is 1. The number of halogens is 2. The molecule has 6 nitrogen and oxygen atoms in total. The molecule has 1 atom stereocenters. The third kappa shape index (κ3) is 3.82. The first-order valence-electron chi connectivity index (χ1n) is 5.73. The molecule has 1 unspecified atom stereocenters. The predicted molar refractivity (Wildman–Crippen MR) is 76.3 cm³/mol. The second-order valence-electron chi connectivity index (χ2n) is 4.52. The summed E-state index contributed by atoms with van der Waals surface area (Å²) in [6.45, 7) is 0. The van der Waals surface area contributed by atoms with Crippen LogP contribution in [0.3, 0.4) is 0 Å². The Morgan fingerprint density at radius 3 is 2.65 bits per heavy atom. The number of nitrogens with zero attached hydrogens (tertiary/aromatic N) is 1. The summed E-state index contributed by atoms with van der Waals surface area (Å²) in [5, 5.41) is 0.0247. The normalized spacial score (nSPS) is 22.6. The highest BCUT2D eigenvalue weighted by Gasteiger charge is 2.29. The van der Waals surface area contributed by atoms with Gasteiger partial charge in [0.05, 0.1) is 16.5 Å². The fourth-order valence-corrected chi connectivity index (χ4v) is 5.27. The van der Waals surface area contributed by atoms with Gasteiger partial charge in [-0.1, -0.05) is 23.2 Å². The summed E-state index contributed by atoms with van der Waals surface area (Å²) in [6, 6.07) is 0.546. The molecule has 2 rings (SSSR count). The number of aromatic nitrogens is 1. The first kappa shape index (κ1) is 16.0. The molecule has 1 aromatic rings. The van der Waals surface area contributed by atoms with Crippen molar-refractivity contribution in [1.82, 2.24) is 9.71 Å². The van der Waals surface area contributed by atoms with Gasteiger partial charge in [0.1, 0.15) is 10.0 Å². The van der Waals surface area contributed by atoms with Crippen LogP contribution in [-0.4, -0.2) is 39.4 Å². The van der Waals surface area contributed by atoms with Gasteiger partial charge in [0, 0.05) is 12.2 Å². The largest absolute Gasteiger partial charge is 0.242 e. The Balaban J connectivity index is 2.21. The van der Waals surface area contributed by atoms with Crippen LogP contribution in [0.2, 0.25) is 10.2 Å². The minimum atomic E-state index is -3.87.